The van der Waals surface area contributed by atoms with Crippen LogP contribution in [0.1, 0.15) is 22.8 Å². The number of aliphatic carboxylic acids is 1. The third-order valence-corrected chi connectivity index (χ3v) is 11.5. The van der Waals surface area contributed by atoms with Gasteiger partial charge >= 0.3 is 192 Å². The minimum atomic E-state index is -1.67. The van der Waals surface area contributed by atoms with Crippen molar-refractivity contribution in [1.29, 1.82) is 0 Å². The van der Waals surface area contributed by atoms with E-state index in [-0.39, 0.29) is 20.1 Å². The van der Waals surface area contributed by atoms with Crippen molar-refractivity contribution in [1.82, 2.24) is 0 Å². The quantitative estimate of drug-likeness (QED) is 0.448. The molecule has 8 heteroatoms. The van der Waals surface area contributed by atoms with Crippen molar-refractivity contribution in [2.45, 2.75) is 46.2 Å². The molecule has 31 heavy (non-hydrogen) atoms. The first-order valence-corrected chi connectivity index (χ1v) is 19.1. The first kappa shape index (κ1) is 25.4. The summed E-state index contributed by atoms with van der Waals surface area (Å²) in [5.41, 5.74) is 0.594. The van der Waals surface area contributed by atoms with Crippen molar-refractivity contribution in [2.24, 2.45) is 0 Å². The molecule has 0 saturated heterocycles. The van der Waals surface area contributed by atoms with E-state index in [1.54, 1.807) is 0 Å². The average Bonchev–Trinajstić information content (AvgIpc) is 2.61. The zero-order valence-electron chi connectivity index (χ0n) is 19.0. The van der Waals surface area contributed by atoms with Gasteiger partial charge in [-0.3, -0.25) is 0 Å². The molecule has 1 atom stereocenters. The van der Waals surface area contributed by atoms with E-state index >= 15 is 0 Å². The first-order valence-electron chi connectivity index (χ1n) is 9.97. The summed E-state index contributed by atoms with van der Waals surface area (Å²) in [6.45, 7) is 14.8. The van der Waals surface area contributed by atoms with Crippen LogP contribution in [0.15, 0.2) is 36.4 Å². The third kappa shape index (κ3) is 6.58. The summed E-state index contributed by atoms with van der Waals surface area (Å²) < 4.78 is 29.2. The van der Waals surface area contributed by atoms with Gasteiger partial charge in [-0.1, -0.05) is 0 Å². The zero-order valence-corrected chi connectivity index (χ0v) is 23.1. The molecule has 0 fully saturated rings. The fourth-order valence-electron chi connectivity index (χ4n) is 3.03. The second-order valence-electron chi connectivity index (χ2n) is 9.73. The Morgan fingerprint density at radius 2 is 1.39 bits per heavy atom. The molecule has 166 valence electrons. The predicted molar refractivity (Wildman–Crippen MR) is 131 cm³/mol. The number of carbonyl (C=O) groups is 2. The van der Waals surface area contributed by atoms with Gasteiger partial charge < -0.3 is 0 Å². The number of hydrogen-bond acceptors (Lipinski definition) is 2. The Bertz CT molecular complexity index is 1040. The minimum absolute atomic E-state index is 0.0855. The fraction of sp³-hybridized carbons (Fsp3) is 0.304. The van der Waals surface area contributed by atoms with Crippen molar-refractivity contribution in [2.75, 3.05) is 0 Å². The van der Waals surface area contributed by atoms with Gasteiger partial charge in [0, 0.05) is 0 Å². The van der Waals surface area contributed by atoms with Crippen LogP contribution in [0.4, 0.5) is 8.78 Å². The van der Waals surface area contributed by atoms with E-state index < -0.39 is 49.5 Å². The van der Waals surface area contributed by atoms with Crippen LogP contribution in [0.2, 0.25) is 39.3 Å². The van der Waals surface area contributed by atoms with Crippen LogP contribution in [0.3, 0.4) is 0 Å². The molecule has 3 nitrogen and oxygen atoms in total. The topological polar surface area (TPSA) is 54.4 Å². The second-order valence-corrected chi connectivity index (χ2v) is 22.5. The van der Waals surface area contributed by atoms with E-state index in [0.29, 0.717) is 5.56 Å². The number of rotatable bonds is 7. The number of benzene rings is 2. The molecular formula is C23H29AsF2O3Si2. The number of hydrogen-bond donors (Lipinski definition) is 1. The summed E-state index contributed by atoms with van der Waals surface area (Å²) in [6.07, 6.45) is 0.832. The molecule has 0 spiro atoms. The average molecular weight is 523 g/mol. The molecule has 1 unspecified atom stereocenters. The van der Waals surface area contributed by atoms with Crippen LogP contribution in [0, 0.1) is 11.6 Å². The number of carbonyl (C=O) groups excluding carboxylic acids is 1. The van der Waals surface area contributed by atoms with Gasteiger partial charge in [0.05, 0.1) is 0 Å². The summed E-state index contributed by atoms with van der Waals surface area (Å²) in [5, 5.41) is 11.2. The monoisotopic (exact) mass is 522 g/mol. The van der Waals surface area contributed by atoms with E-state index in [1.165, 1.54) is 17.3 Å². The molecular weight excluding hydrogens is 493 g/mol. The molecule has 2 rings (SSSR count). The Kier molecular flexibility index (Phi) is 7.67. The predicted octanol–water partition coefficient (Wildman–Crippen LogP) is 3.45. The van der Waals surface area contributed by atoms with Gasteiger partial charge in [0.25, 0.3) is 0 Å². The van der Waals surface area contributed by atoms with Crippen LogP contribution < -0.4 is 14.7 Å². The SMILES string of the molecule is CC(=CC(=O)O)c1cc(F)c([AsH]C(=O)c2cc([Si](C)(C)C)cc([Si](C)(C)C)c2)cc1F. The van der Waals surface area contributed by atoms with Crippen LogP contribution in [0.25, 0.3) is 5.57 Å². The summed E-state index contributed by atoms with van der Waals surface area (Å²) in [7, 11) is -3.34. The molecule has 0 radical (unpaired) electrons. The van der Waals surface area contributed by atoms with Gasteiger partial charge in [-0.25, -0.2) is 0 Å². The van der Waals surface area contributed by atoms with E-state index in [9.17, 15) is 18.4 Å². The van der Waals surface area contributed by atoms with Gasteiger partial charge in [-0.05, 0) is 0 Å². The first-order chi connectivity index (χ1) is 14.1. The Morgan fingerprint density at radius 1 is 0.871 bits per heavy atom. The van der Waals surface area contributed by atoms with Crippen LogP contribution in [0.5, 0.6) is 0 Å². The van der Waals surface area contributed by atoms with Crippen molar-refractivity contribution < 1.29 is 23.5 Å². The molecule has 0 aliphatic heterocycles. The van der Waals surface area contributed by atoms with Crippen molar-refractivity contribution in [3.05, 3.63) is 59.2 Å². The summed E-state index contributed by atoms with van der Waals surface area (Å²) in [4.78, 5) is 23.9. The molecule has 1 N–H and O–H groups in total. The summed E-state index contributed by atoms with van der Waals surface area (Å²) in [5.74, 6) is -2.62. The van der Waals surface area contributed by atoms with E-state index in [1.807, 2.05) is 12.1 Å². The van der Waals surface area contributed by atoms with Crippen molar-refractivity contribution >= 4 is 62.7 Å². The number of carboxylic acid groups (broad SMARTS) is 1. The number of carboxylic acids is 1. The molecule has 0 aliphatic rings. The Labute approximate surface area is 191 Å². The van der Waals surface area contributed by atoms with Gasteiger partial charge in [0.15, 0.2) is 0 Å². The number of allylic oxidation sites excluding steroid dienone is 1. The van der Waals surface area contributed by atoms with Crippen LogP contribution in [-0.4, -0.2) is 47.5 Å². The molecule has 0 bridgehead atoms. The Balaban J connectivity index is 2.46. The fourth-order valence-corrected chi connectivity index (χ4v) is 7.46. The van der Waals surface area contributed by atoms with Gasteiger partial charge in [-0.2, -0.15) is 0 Å². The van der Waals surface area contributed by atoms with E-state index in [0.717, 1.165) is 18.2 Å². The number of halogens is 2. The van der Waals surface area contributed by atoms with Gasteiger partial charge in [0.2, 0.25) is 0 Å². The molecule has 2 aromatic carbocycles. The molecule has 0 saturated carbocycles. The third-order valence-electron chi connectivity index (χ3n) is 5.00. The molecule has 0 amide bonds. The summed E-state index contributed by atoms with van der Waals surface area (Å²) in [6, 6.07) is 8.13. The zero-order chi connectivity index (χ0) is 23.7. The molecule has 0 aromatic heterocycles. The Morgan fingerprint density at radius 3 is 1.84 bits per heavy atom. The Hall–Kier alpha value is -1.83. The van der Waals surface area contributed by atoms with Crippen molar-refractivity contribution in [3.8, 4) is 0 Å². The maximum atomic E-state index is 14.7. The van der Waals surface area contributed by atoms with Gasteiger partial charge in [0.1, 0.15) is 0 Å². The van der Waals surface area contributed by atoms with Crippen LogP contribution in [-0.2, 0) is 4.79 Å². The molecule has 2 aromatic rings. The van der Waals surface area contributed by atoms with Crippen LogP contribution >= 0.6 is 0 Å². The van der Waals surface area contributed by atoms with E-state index in [2.05, 4.69) is 45.3 Å². The second kappa shape index (κ2) is 9.35. The van der Waals surface area contributed by atoms with Crippen molar-refractivity contribution in [3.63, 3.8) is 0 Å². The molecule has 0 heterocycles. The maximum absolute atomic E-state index is 14.7. The molecule has 0 aliphatic carbocycles. The summed E-state index contributed by atoms with van der Waals surface area (Å²) >= 11 is -1.62. The normalized spacial score (nSPS) is 13.1. The standard InChI is InChI=1S/C23H29AsF2O3Si2/c1-14(8-22(27)28)18-12-21(26)19(13-20(18)25)24-23(29)15-9-16(30(2,3)4)11-17(10-15)31(5,6)7/h8-13,24H,1-7H3,(H,27,28). The van der Waals surface area contributed by atoms with Gasteiger partial charge in [-0.15, -0.1) is 0 Å². The van der Waals surface area contributed by atoms with E-state index in [4.69, 9.17) is 5.11 Å².